The number of pyridine rings is 1. The van der Waals surface area contributed by atoms with E-state index in [2.05, 4.69) is 4.98 Å². The number of carbonyl (C=O) groups is 1. The molecule has 4 heteroatoms. The molecular formula is C13H13ClN2O. The van der Waals surface area contributed by atoms with Gasteiger partial charge in [-0.05, 0) is 31.0 Å². The summed E-state index contributed by atoms with van der Waals surface area (Å²) in [5.41, 5.74) is 7.91. The van der Waals surface area contributed by atoms with Crippen LogP contribution in [0.4, 0.5) is 0 Å². The highest BCUT2D eigenvalue weighted by Crippen LogP contribution is 2.24. The van der Waals surface area contributed by atoms with Gasteiger partial charge in [-0.1, -0.05) is 23.7 Å². The van der Waals surface area contributed by atoms with Crippen LogP contribution < -0.4 is 5.73 Å². The number of benzene rings is 1. The molecule has 0 aliphatic rings. The van der Waals surface area contributed by atoms with E-state index in [1.54, 1.807) is 0 Å². The summed E-state index contributed by atoms with van der Waals surface area (Å²) in [5.74, 6) is -0.291. The van der Waals surface area contributed by atoms with Crippen LogP contribution >= 0.6 is 11.6 Å². The molecule has 0 radical (unpaired) electrons. The summed E-state index contributed by atoms with van der Waals surface area (Å²) >= 11 is 6.13. The molecule has 1 aromatic carbocycles. The first kappa shape index (κ1) is 11.9. The molecule has 1 amide bonds. The average Bonchev–Trinajstić information content (AvgIpc) is 2.25. The van der Waals surface area contributed by atoms with Gasteiger partial charge in [0.1, 0.15) is 0 Å². The van der Waals surface area contributed by atoms with E-state index in [0.29, 0.717) is 17.9 Å². The van der Waals surface area contributed by atoms with Gasteiger partial charge in [0, 0.05) is 17.5 Å². The van der Waals surface area contributed by atoms with E-state index >= 15 is 0 Å². The van der Waals surface area contributed by atoms with Crippen molar-refractivity contribution in [2.24, 2.45) is 5.73 Å². The first-order valence-electron chi connectivity index (χ1n) is 5.40. The molecule has 0 bridgehead atoms. The fraction of sp³-hybridized carbons (Fsp3) is 0.231. The second kappa shape index (κ2) is 4.72. The van der Waals surface area contributed by atoms with Crippen LogP contribution in [-0.4, -0.2) is 10.9 Å². The Morgan fingerprint density at radius 2 is 2.18 bits per heavy atom. The van der Waals surface area contributed by atoms with E-state index in [-0.39, 0.29) is 5.91 Å². The number of rotatable bonds is 3. The lowest BCUT2D eigenvalue weighted by molar-refractivity contribution is -0.117. The maximum absolute atomic E-state index is 10.7. The summed E-state index contributed by atoms with van der Waals surface area (Å²) in [7, 11) is 0. The summed E-state index contributed by atoms with van der Waals surface area (Å²) in [6.45, 7) is 1.90. The van der Waals surface area contributed by atoms with Crippen LogP contribution in [0, 0.1) is 6.92 Å². The summed E-state index contributed by atoms with van der Waals surface area (Å²) in [4.78, 5) is 15.2. The number of nitrogens with zero attached hydrogens (tertiary/aromatic N) is 1. The number of aromatic nitrogens is 1. The largest absolute Gasteiger partial charge is 0.370 e. The highest BCUT2D eigenvalue weighted by molar-refractivity contribution is 6.35. The van der Waals surface area contributed by atoms with E-state index in [9.17, 15) is 4.79 Å². The molecule has 0 saturated heterocycles. The number of nitrogens with two attached hydrogens (primary N) is 1. The molecule has 88 valence electrons. The fourth-order valence-corrected chi connectivity index (χ4v) is 2.10. The highest BCUT2D eigenvalue weighted by atomic mass is 35.5. The van der Waals surface area contributed by atoms with Crippen molar-refractivity contribution < 1.29 is 4.79 Å². The molecule has 0 fully saturated rings. The van der Waals surface area contributed by atoms with Crippen LogP contribution in [0.1, 0.15) is 17.7 Å². The third-order valence-electron chi connectivity index (χ3n) is 2.61. The van der Waals surface area contributed by atoms with Crippen molar-refractivity contribution in [2.75, 3.05) is 0 Å². The Bertz CT molecular complexity index is 581. The zero-order valence-corrected chi connectivity index (χ0v) is 10.3. The minimum Gasteiger partial charge on any atom is -0.370 e. The van der Waals surface area contributed by atoms with Gasteiger partial charge < -0.3 is 5.73 Å². The number of fused-ring (bicyclic) bond motifs is 1. The number of carbonyl (C=O) groups excluding carboxylic acids is 1. The Balaban J connectivity index is 2.39. The highest BCUT2D eigenvalue weighted by Gasteiger charge is 2.04. The van der Waals surface area contributed by atoms with E-state index in [4.69, 9.17) is 17.3 Å². The SMILES string of the molecule is Cc1cc(Cl)c2ccc(CCC(N)=O)cc2n1. The second-order valence-corrected chi connectivity index (χ2v) is 4.47. The van der Waals surface area contributed by atoms with Gasteiger partial charge in [-0.3, -0.25) is 9.78 Å². The monoisotopic (exact) mass is 248 g/mol. The van der Waals surface area contributed by atoms with Crippen LogP contribution in [0.2, 0.25) is 5.02 Å². The molecule has 0 spiro atoms. The lowest BCUT2D eigenvalue weighted by Crippen LogP contribution is -2.11. The predicted molar refractivity (Wildman–Crippen MR) is 69.0 cm³/mol. The Morgan fingerprint density at radius 3 is 2.88 bits per heavy atom. The third kappa shape index (κ3) is 2.74. The fourth-order valence-electron chi connectivity index (χ4n) is 1.78. The zero-order chi connectivity index (χ0) is 12.4. The number of hydrogen-bond acceptors (Lipinski definition) is 2. The molecule has 2 N–H and O–H groups in total. The van der Waals surface area contributed by atoms with Crippen molar-refractivity contribution in [3.05, 3.63) is 40.5 Å². The molecular weight excluding hydrogens is 236 g/mol. The van der Waals surface area contributed by atoms with Gasteiger partial charge in [0.25, 0.3) is 0 Å². The molecule has 0 unspecified atom stereocenters. The van der Waals surface area contributed by atoms with Crippen molar-refractivity contribution in [3.63, 3.8) is 0 Å². The van der Waals surface area contributed by atoms with Crippen LogP contribution in [0.25, 0.3) is 10.9 Å². The topological polar surface area (TPSA) is 56.0 Å². The Morgan fingerprint density at radius 1 is 1.41 bits per heavy atom. The first-order valence-corrected chi connectivity index (χ1v) is 5.78. The Labute approximate surface area is 105 Å². The third-order valence-corrected chi connectivity index (χ3v) is 2.92. The van der Waals surface area contributed by atoms with Gasteiger partial charge in [-0.25, -0.2) is 0 Å². The van der Waals surface area contributed by atoms with Crippen molar-refractivity contribution in [3.8, 4) is 0 Å². The molecule has 1 aromatic heterocycles. The summed E-state index contributed by atoms with van der Waals surface area (Å²) in [6, 6.07) is 7.68. The van der Waals surface area contributed by atoms with Crippen LogP contribution in [0.3, 0.4) is 0 Å². The summed E-state index contributed by atoms with van der Waals surface area (Å²) in [5, 5.41) is 1.63. The average molecular weight is 249 g/mol. The number of aryl methyl sites for hydroxylation is 2. The first-order chi connectivity index (χ1) is 8.06. The molecule has 0 aliphatic carbocycles. The lowest BCUT2D eigenvalue weighted by atomic mass is 10.1. The lowest BCUT2D eigenvalue weighted by Gasteiger charge is -2.05. The molecule has 17 heavy (non-hydrogen) atoms. The summed E-state index contributed by atoms with van der Waals surface area (Å²) in [6.07, 6.45) is 0.990. The van der Waals surface area contributed by atoms with Crippen LogP contribution in [0.5, 0.6) is 0 Å². The molecule has 2 rings (SSSR count). The normalized spacial score (nSPS) is 10.7. The van der Waals surface area contributed by atoms with Crippen molar-refractivity contribution in [1.29, 1.82) is 0 Å². The van der Waals surface area contributed by atoms with E-state index in [1.165, 1.54) is 0 Å². The van der Waals surface area contributed by atoms with Gasteiger partial charge in [-0.15, -0.1) is 0 Å². The number of halogens is 1. The van der Waals surface area contributed by atoms with Crippen molar-refractivity contribution in [1.82, 2.24) is 4.98 Å². The van der Waals surface area contributed by atoms with Gasteiger partial charge in [0.15, 0.2) is 0 Å². The molecule has 0 aliphatic heterocycles. The molecule has 0 saturated carbocycles. The minimum atomic E-state index is -0.291. The maximum Gasteiger partial charge on any atom is 0.217 e. The second-order valence-electron chi connectivity index (χ2n) is 4.06. The van der Waals surface area contributed by atoms with Gasteiger partial charge in [-0.2, -0.15) is 0 Å². The predicted octanol–water partition coefficient (Wildman–Crippen LogP) is 2.61. The van der Waals surface area contributed by atoms with Crippen LogP contribution in [0.15, 0.2) is 24.3 Å². The molecule has 0 atom stereocenters. The molecule has 1 heterocycles. The van der Waals surface area contributed by atoms with Crippen molar-refractivity contribution in [2.45, 2.75) is 19.8 Å². The van der Waals surface area contributed by atoms with E-state index in [1.807, 2.05) is 31.2 Å². The summed E-state index contributed by atoms with van der Waals surface area (Å²) < 4.78 is 0. The van der Waals surface area contributed by atoms with Gasteiger partial charge >= 0.3 is 0 Å². The van der Waals surface area contributed by atoms with Crippen molar-refractivity contribution >= 4 is 28.4 Å². The Kier molecular flexibility index (Phi) is 3.29. The number of amides is 1. The zero-order valence-electron chi connectivity index (χ0n) is 9.53. The molecule has 3 nitrogen and oxygen atoms in total. The maximum atomic E-state index is 10.7. The minimum absolute atomic E-state index is 0.291. The van der Waals surface area contributed by atoms with E-state index < -0.39 is 0 Å². The quantitative estimate of drug-likeness (QED) is 0.908. The van der Waals surface area contributed by atoms with Gasteiger partial charge in [0.2, 0.25) is 5.91 Å². The van der Waals surface area contributed by atoms with E-state index in [0.717, 1.165) is 22.2 Å². The van der Waals surface area contributed by atoms with Crippen LogP contribution in [-0.2, 0) is 11.2 Å². The number of primary amides is 1. The molecule has 2 aromatic rings. The van der Waals surface area contributed by atoms with Gasteiger partial charge in [0.05, 0.1) is 10.5 Å². The smallest absolute Gasteiger partial charge is 0.217 e. The number of hydrogen-bond donors (Lipinski definition) is 1. The standard InChI is InChI=1S/C13H13ClN2O/c1-8-6-11(14)10-4-2-9(3-5-13(15)17)7-12(10)16-8/h2,4,6-7H,3,5H2,1H3,(H2,15,17). The Hall–Kier alpha value is -1.61.